The summed E-state index contributed by atoms with van der Waals surface area (Å²) in [6, 6.07) is 3.12. The first-order chi connectivity index (χ1) is 8.52. The molecule has 96 valence electrons. The van der Waals surface area contributed by atoms with E-state index in [4.69, 9.17) is 4.74 Å². The molecule has 0 aliphatic carbocycles. The van der Waals surface area contributed by atoms with Gasteiger partial charge in [-0.2, -0.15) is 0 Å². The second-order valence-corrected chi connectivity index (χ2v) is 5.40. The van der Waals surface area contributed by atoms with Gasteiger partial charge < -0.3 is 4.74 Å². The van der Waals surface area contributed by atoms with Crippen LogP contribution in [0.5, 0.6) is 5.75 Å². The number of carbonyl (C=O) groups excluding carboxylic acids is 2. The maximum atomic E-state index is 11.8. The molecule has 5 nitrogen and oxygen atoms in total. The zero-order valence-electron chi connectivity index (χ0n) is 9.50. The molecule has 1 heterocycles. The Morgan fingerprint density at radius 1 is 1.28 bits per heavy atom. The van der Waals surface area contributed by atoms with E-state index in [2.05, 4.69) is 37.2 Å². The van der Waals surface area contributed by atoms with Gasteiger partial charge in [-0.25, -0.2) is 4.79 Å². The lowest BCUT2D eigenvalue weighted by molar-refractivity contribution is -0.120. The van der Waals surface area contributed by atoms with E-state index in [1.807, 2.05) is 0 Å². The van der Waals surface area contributed by atoms with E-state index in [-0.39, 0.29) is 12.3 Å². The number of nitrogens with zero attached hydrogens (tertiary/aromatic N) is 1. The highest BCUT2D eigenvalue weighted by molar-refractivity contribution is 9.11. The van der Waals surface area contributed by atoms with Gasteiger partial charge in [0, 0.05) is 23.5 Å². The average molecular weight is 378 g/mol. The van der Waals surface area contributed by atoms with Crippen LogP contribution in [-0.4, -0.2) is 25.6 Å². The maximum Gasteiger partial charge on any atom is 0.328 e. The first-order valence-corrected chi connectivity index (χ1v) is 6.76. The van der Waals surface area contributed by atoms with Crippen molar-refractivity contribution < 1.29 is 14.3 Å². The Kier molecular flexibility index (Phi) is 3.91. The molecule has 1 aliphatic rings. The summed E-state index contributed by atoms with van der Waals surface area (Å²) in [7, 11) is 1.55. The predicted octanol–water partition coefficient (Wildman–Crippen LogP) is 2.67. The first-order valence-electron chi connectivity index (χ1n) is 5.17. The van der Waals surface area contributed by atoms with Crippen LogP contribution in [0.1, 0.15) is 6.42 Å². The van der Waals surface area contributed by atoms with Crippen molar-refractivity contribution >= 4 is 49.5 Å². The van der Waals surface area contributed by atoms with E-state index in [9.17, 15) is 9.59 Å². The predicted molar refractivity (Wildman–Crippen MR) is 73.9 cm³/mol. The number of methoxy groups -OCH3 is 1. The third kappa shape index (κ3) is 2.51. The number of amides is 3. The highest BCUT2D eigenvalue weighted by Gasteiger charge is 2.26. The van der Waals surface area contributed by atoms with Crippen molar-refractivity contribution in [1.29, 1.82) is 0 Å². The van der Waals surface area contributed by atoms with Crippen LogP contribution in [0.4, 0.5) is 10.5 Å². The first kappa shape index (κ1) is 13.4. The summed E-state index contributed by atoms with van der Waals surface area (Å²) < 4.78 is 6.73. The lowest BCUT2D eigenvalue weighted by atomic mass is 10.2. The van der Waals surface area contributed by atoms with Gasteiger partial charge in [-0.1, -0.05) is 0 Å². The van der Waals surface area contributed by atoms with Crippen molar-refractivity contribution in [3.63, 3.8) is 0 Å². The summed E-state index contributed by atoms with van der Waals surface area (Å²) in [6.45, 7) is 0.355. The zero-order valence-corrected chi connectivity index (χ0v) is 12.7. The van der Waals surface area contributed by atoms with Crippen molar-refractivity contribution in [3.05, 3.63) is 21.1 Å². The molecule has 3 amide bonds. The topological polar surface area (TPSA) is 58.6 Å². The second-order valence-electron chi connectivity index (χ2n) is 3.69. The lowest BCUT2D eigenvalue weighted by Gasteiger charge is -2.27. The number of hydrogen-bond donors (Lipinski definition) is 1. The molecule has 0 unspecified atom stereocenters. The standard InChI is InChI=1S/C11H10Br2N2O3/c1-18-9-5-8(6(12)4-7(9)13)15-3-2-10(16)14-11(15)17/h4-5H,2-3H2,1H3,(H,14,16,17). The number of imide groups is 1. The van der Waals surface area contributed by atoms with Crippen molar-refractivity contribution in [2.45, 2.75) is 6.42 Å². The molecule has 2 rings (SSSR count). The van der Waals surface area contributed by atoms with Crippen LogP contribution in [0.3, 0.4) is 0 Å². The minimum absolute atomic E-state index is 0.253. The highest BCUT2D eigenvalue weighted by atomic mass is 79.9. The summed E-state index contributed by atoms with van der Waals surface area (Å²) in [5.41, 5.74) is 0.667. The lowest BCUT2D eigenvalue weighted by Crippen LogP contribution is -2.49. The quantitative estimate of drug-likeness (QED) is 0.861. The molecule has 0 radical (unpaired) electrons. The number of benzene rings is 1. The van der Waals surface area contributed by atoms with E-state index in [0.29, 0.717) is 18.0 Å². The molecule has 18 heavy (non-hydrogen) atoms. The number of rotatable bonds is 2. The van der Waals surface area contributed by atoms with Crippen molar-refractivity contribution in [2.75, 3.05) is 18.6 Å². The van der Waals surface area contributed by atoms with Crippen LogP contribution in [0.25, 0.3) is 0 Å². The van der Waals surface area contributed by atoms with E-state index in [1.165, 1.54) is 4.90 Å². The summed E-state index contributed by atoms with van der Waals surface area (Å²) in [6.07, 6.45) is 0.288. The molecule has 0 spiro atoms. The van der Waals surface area contributed by atoms with Crippen molar-refractivity contribution in [3.8, 4) is 5.75 Å². The van der Waals surface area contributed by atoms with Crippen molar-refractivity contribution in [2.24, 2.45) is 0 Å². The summed E-state index contributed by atoms with van der Waals surface area (Å²) in [4.78, 5) is 24.4. The van der Waals surface area contributed by atoms with Crippen LogP contribution in [0, 0.1) is 0 Å². The van der Waals surface area contributed by atoms with Gasteiger partial charge in [-0.05, 0) is 37.9 Å². The maximum absolute atomic E-state index is 11.8. The molecule has 1 aromatic carbocycles. The Balaban J connectivity index is 2.38. The second kappa shape index (κ2) is 5.27. The molecule has 1 saturated heterocycles. The van der Waals surface area contributed by atoms with Gasteiger partial charge >= 0.3 is 6.03 Å². The zero-order chi connectivity index (χ0) is 13.3. The van der Waals surface area contributed by atoms with Crippen LogP contribution in [0.2, 0.25) is 0 Å². The molecule has 1 aromatic rings. The molecule has 0 aromatic heterocycles. The van der Waals surface area contributed by atoms with Crippen LogP contribution < -0.4 is 15.0 Å². The minimum atomic E-state index is -0.420. The highest BCUT2D eigenvalue weighted by Crippen LogP contribution is 2.37. The van der Waals surface area contributed by atoms with Gasteiger partial charge in [0.1, 0.15) is 5.75 Å². The minimum Gasteiger partial charge on any atom is -0.495 e. The van der Waals surface area contributed by atoms with Gasteiger partial charge in [0.2, 0.25) is 5.91 Å². The summed E-state index contributed by atoms with van der Waals surface area (Å²) >= 11 is 6.76. The summed E-state index contributed by atoms with van der Waals surface area (Å²) in [5.74, 6) is 0.370. The number of carbonyl (C=O) groups is 2. The molecule has 0 bridgehead atoms. The SMILES string of the molecule is COc1cc(N2CCC(=O)NC2=O)c(Br)cc1Br. The number of ether oxygens (including phenoxy) is 1. The number of urea groups is 1. The van der Waals surface area contributed by atoms with Gasteiger partial charge in [0.15, 0.2) is 0 Å². The Labute approximate surface area is 121 Å². The Hall–Kier alpha value is -1.08. The average Bonchev–Trinajstić information content (AvgIpc) is 2.30. The smallest absolute Gasteiger partial charge is 0.328 e. The number of halogens is 2. The van der Waals surface area contributed by atoms with Crippen LogP contribution >= 0.6 is 31.9 Å². The van der Waals surface area contributed by atoms with Crippen molar-refractivity contribution in [1.82, 2.24) is 5.32 Å². The summed E-state index contributed by atoms with van der Waals surface area (Å²) in [5, 5.41) is 2.28. The van der Waals surface area contributed by atoms with Crippen LogP contribution in [0.15, 0.2) is 21.1 Å². The normalized spacial score (nSPS) is 15.6. The Bertz CT molecular complexity index is 519. The fourth-order valence-corrected chi connectivity index (χ4v) is 3.05. The largest absolute Gasteiger partial charge is 0.495 e. The van der Waals surface area contributed by atoms with Gasteiger partial charge in [0.25, 0.3) is 0 Å². The molecule has 1 aliphatic heterocycles. The monoisotopic (exact) mass is 376 g/mol. The molecule has 0 atom stereocenters. The van der Waals surface area contributed by atoms with Gasteiger partial charge in [-0.15, -0.1) is 0 Å². The molecule has 1 N–H and O–H groups in total. The van der Waals surface area contributed by atoms with Gasteiger partial charge in [0.05, 0.1) is 17.3 Å². The third-order valence-electron chi connectivity index (χ3n) is 2.57. The van der Waals surface area contributed by atoms with Gasteiger partial charge in [-0.3, -0.25) is 15.0 Å². The molecule has 7 heteroatoms. The van der Waals surface area contributed by atoms with Crippen LogP contribution in [-0.2, 0) is 4.79 Å². The molecular formula is C11H10Br2N2O3. The van der Waals surface area contributed by atoms with E-state index in [0.717, 1.165) is 8.95 Å². The number of hydrogen-bond acceptors (Lipinski definition) is 3. The Morgan fingerprint density at radius 2 is 2.00 bits per heavy atom. The van der Waals surface area contributed by atoms with E-state index < -0.39 is 6.03 Å². The molecule has 0 saturated carbocycles. The van der Waals surface area contributed by atoms with E-state index in [1.54, 1.807) is 19.2 Å². The number of anilines is 1. The third-order valence-corrected chi connectivity index (χ3v) is 3.82. The fraction of sp³-hybridized carbons (Fsp3) is 0.273. The van der Waals surface area contributed by atoms with E-state index >= 15 is 0 Å². The molecule has 1 fully saturated rings. The fourth-order valence-electron chi connectivity index (χ4n) is 1.68. The Morgan fingerprint density at radius 3 is 2.61 bits per heavy atom. The number of nitrogens with one attached hydrogen (secondary N) is 1. The molecular weight excluding hydrogens is 368 g/mol.